The third-order valence-corrected chi connectivity index (χ3v) is 4.50. The van der Waals surface area contributed by atoms with E-state index in [2.05, 4.69) is 15.9 Å². The average Bonchev–Trinajstić information content (AvgIpc) is 2.36. The minimum absolute atomic E-state index is 0.0437. The average molecular weight is 330 g/mol. The molecule has 0 bridgehead atoms. The lowest BCUT2D eigenvalue weighted by Gasteiger charge is -2.28. The van der Waals surface area contributed by atoms with Gasteiger partial charge in [-0.2, -0.15) is 0 Å². The van der Waals surface area contributed by atoms with Crippen LogP contribution >= 0.6 is 15.9 Å². The maximum atomic E-state index is 13.5. The van der Waals surface area contributed by atoms with Crippen LogP contribution in [0.3, 0.4) is 0 Å². The second-order valence-electron chi connectivity index (χ2n) is 5.10. The largest absolute Gasteiger partial charge is 0.481 e. The summed E-state index contributed by atoms with van der Waals surface area (Å²) < 4.78 is 13.9. The van der Waals surface area contributed by atoms with Crippen LogP contribution in [0.5, 0.6) is 0 Å². The zero-order valence-corrected chi connectivity index (χ0v) is 12.1. The van der Waals surface area contributed by atoms with Gasteiger partial charge in [0.2, 0.25) is 0 Å². The van der Waals surface area contributed by atoms with Crippen molar-refractivity contribution < 1.29 is 14.3 Å². The van der Waals surface area contributed by atoms with Crippen molar-refractivity contribution in [2.75, 3.05) is 5.73 Å². The van der Waals surface area contributed by atoms with Crippen molar-refractivity contribution in [3.63, 3.8) is 0 Å². The van der Waals surface area contributed by atoms with E-state index < -0.39 is 17.7 Å². The Morgan fingerprint density at radius 2 is 2.00 bits per heavy atom. The van der Waals surface area contributed by atoms with Gasteiger partial charge in [-0.15, -0.1) is 0 Å². The summed E-state index contributed by atoms with van der Waals surface area (Å²) in [5, 5.41) is 9.49. The normalized spacial score (nSPS) is 18.2. The molecular weight excluding hydrogens is 313 g/mol. The summed E-state index contributed by atoms with van der Waals surface area (Å²) in [6.07, 6.45) is 4.94. The maximum Gasteiger partial charge on any atom is 0.311 e. The second-order valence-corrected chi connectivity index (χ2v) is 5.96. The number of carboxylic acid groups (broad SMARTS) is 1. The Kier molecular flexibility index (Phi) is 4.45. The quantitative estimate of drug-likeness (QED) is 0.826. The SMILES string of the molecule is Nc1c(Br)cc(F)cc1C(C(=O)O)C1CCCCC1. The van der Waals surface area contributed by atoms with Gasteiger partial charge < -0.3 is 10.8 Å². The predicted octanol–water partition coefficient (Wildman–Crippen LogP) is 3.92. The van der Waals surface area contributed by atoms with E-state index in [1.807, 2.05) is 0 Å². The van der Waals surface area contributed by atoms with Crippen LogP contribution < -0.4 is 5.73 Å². The van der Waals surface area contributed by atoms with E-state index in [4.69, 9.17) is 5.73 Å². The molecule has 0 radical (unpaired) electrons. The topological polar surface area (TPSA) is 63.3 Å². The molecule has 104 valence electrons. The molecule has 2 rings (SSSR count). The van der Waals surface area contributed by atoms with Crippen LogP contribution in [0.15, 0.2) is 16.6 Å². The van der Waals surface area contributed by atoms with E-state index in [1.54, 1.807) is 0 Å². The fourth-order valence-electron chi connectivity index (χ4n) is 2.92. The molecule has 3 N–H and O–H groups in total. The van der Waals surface area contributed by atoms with Crippen LogP contribution in [0, 0.1) is 11.7 Å². The molecule has 19 heavy (non-hydrogen) atoms. The van der Waals surface area contributed by atoms with Gasteiger partial charge >= 0.3 is 5.97 Å². The number of aliphatic carboxylic acids is 1. The lowest BCUT2D eigenvalue weighted by Crippen LogP contribution is -2.24. The minimum Gasteiger partial charge on any atom is -0.481 e. The molecule has 1 atom stereocenters. The molecule has 1 aliphatic rings. The van der Waals surface area contributed by atoms with Gasteiger partial charge in [0.25, 0.3) is 0 Å². The number of hydrogen-bond acceptors (Lipinski definition) is 2. The van der Waals surface area contributed by atoms with E-state index in [1.165, 1.54) is 12.1 Å². The highest BCUT2D eigenvalue weighted by Gasteiger charge is 2.32. The van der Waals surface area contributed by atoms with E-state index in [9.17, 15) is 14.3 Å². The van der Waals surface area contributed by atoms with Crippen molar-refractivity contribution in [2.24, 2.45) is 5.92 Å². The Morgan fingerprint density at radius 1 is 1.37 bits per heavy atom. The fourth-order valence-corrected chi connectivity index (χ4v) is 3.37. The Bertz CT molecular complexity index is 487. The van der Waals surface area contributed by atoms with Crippen LogP contribution in [0.4, 0.5) is 10.1 Å². The molecule has 1 fully saturated rings. The Hall–Kier alpha value is -1.10. The van der Waals surface area contributed by atoms with Crippen LogP contribution in [-0.4, -0.2) is 11.1 Å². The first-order chi connectivity index (χ1) is 9.00. The molecule has 0 aromatic heterocycles. The monoisotopic (exact) mass is 329 g/mol. The molecular formula is C14H17BrFNO2. The van der Waals surface area contributed by atoms with Crippen LogP contribution in [0.2, 0.25) is 0 Å². The number of hydrogen-bond donors (Lipinski definition) is 2. The number of benzene rings is 1. The number of rotatable bonds is 3. The Morgan fingerprint density at radius 3 is 2.58 bits per heavy atom. The lowest BCUT2D eigenvalue weighted by molar-refractivity contribution is -0.140. The third kappa shape index (κ3) is 3.08. The minimum atomic E-state index is -0.920. The summed E-state index contributed by atoms with van der Waals surface area (Å²) >= 11 is 3.18. The molecule has 1 aliphatic carbocycles. The Balaban J connectivity index is 2.41. The van der Waals surface area contributed by atoms with Gasteiger partial charge in [0.15, 0.2) is 0 Å². The molecule has 0 aliphatic heterocycles. The van der Waals surface area contributed by atoms with Crippen molar-refractivity contribution >= 4 is 27.6 Å². The maximum absolute atomic E-state index is 13.5. The fraction of sp³-hybridized carbons (Fsp3) is 0.500. The first-order valence-corrected chi connectivity index (χ1v) is 7.27. The van der Waals surface area contributed by atoms with Gasteiger partial charge in [0.05, 0.1) is 11.6 Å². The Labute approximate surface area is 120 Å². The summed E-state index contributed by atoms with van der Waals surface area (Å²) in [5.74, 6) is -2.05. The van der Waals surface area contributed by atoms with Crippen molar-refractivity contribution in [1.82, 2.24) is 0 Å². The number of carboxylic acids is 1. The van der Waals surface area contributed by atoms with Gasteiger partial charge in [-0.25, -0.2) is 4.39 Å². The first kappa shape index (κ1) is 14.3. The number of anilines is 1. The highest BCUT2D eigenvalue weighted by Crippen LogP contribution is 2.40. The summed E-state index contributed by atoms with van der Waals surface area (Å²) in [6.45, 7) is 0. The predicted molar refractivity (Wildman–Crippen MR) is 75.5 cm³/mol. The highest BCUT2D eigenvalue weighted by atomic mass is 79.9. The zero-order chi connectivity index (χ0) is 14.0. The van der Waals surface area contributed by atoms with E-state index in [0.29, 0.717) is 15.7 Å². The lowest BCUT2D eigenvalue weighted by atomic mass is 9.76. The molecule has 3 nitrogen and oxygen atoms in total. The highest BCUT2D eigenvalue weighted by molar-refractivity contribution is 9.10. The second kappa shape index (κ2) is 5.90. The van der Waals surface area contributed by atoms with Gasteiger partial charge in [-0.05, 0) is 52.4 Å². The molecule has 0 amide bonds. The molecule has 1 aromatic rings. The molecule has 0 saturated heterocycles. The van der Waals surface area contributed by atoms with Crippen molar-refractivity contribution in [2.45, 2.75) is 38.0 Å². The van der Waals surface area contributed by atoms with Crippen LogP contribution in [-0.2, 0) is 4.79 Å². The number of nitrogen functional groups attached to an aromatic ring is 1. The van der Waals surface area contributed by atoms with Crippen LogP contribution in [0.1, 0.15) is 43.6 Å². The molecule has 1 aromatic carbocycles. The van der Waals surface area contributed by atoms with Gasteiger partial charge in [-0.1, -0.05) is 19.3 Å². The summed E-state index contributed by atoms with van der Waals surface area (Å²) in [6, 6.07) is 2.52. The summed E-state index contributed by atoms with van der Waals surface area (Å²) in [4.78, 5) is 11.6. The number of halogens is 2. The molecule has 0 heterocycles. The van der Waals surface area contributed by atoms with Gasteiger partial charge in [0.1, 0.15) is 5.82 Å². The number of carbonyl (C=O) groups is 1. The molecule has 0 spiro atoms. The molecule has 1 saturated carbocycles. The zero-order valence-electron chi connectivity index (χ0n) is 10.5. The summed E-state index contributed by atoms with van der Waals surface area (Å²) in [5.41, 5.74) is 6.65. The van der Waals surface area contributed by atoms with E-state index in [-0.39, 0.29) is 5.92 Å². The van der Waals surface area contributed by atoms with Crippen molar-refractivity contribution in [3.05, 3.63) is 28.0 Å². The number of nitrogens with two attached hydrogens (primary N) is 1. The summed E-state index contributed by atoms with van der Waals surface area (Å²) in [7, 11) is 0. The van der Waals surface area contributed by atoms with Crippen molar-refractivity contribution in [1.29, 1.82) is 0 Å². The third-order valence-electron chi connectivity index (χ3n) is 3.85. The van der Waals surface area contributed by atoms with E-state index >= 15 is 0 Å². The molecule has 5 heteroatoms. The smallest absolute Gasteiger partial charge is 0.311 e. The standard InChI is InChI=1S/C14H17BrFNO2/c15-11-7-9(16)6-10(13(11)17)12(14(18)19)8-4-2-1-3-5-8/h6-8,12H,1-5,17H2,(H,18,19). The molecule has 1 unspecified atom stereocenters. The van der Waals surface area contributed by atoms with Crippen LogP contribution in [0.25, 0.3) is 0 Å². The van der Waals surface area contributed by atoms with E-state index in [0.717, 1.165) is 32.1 Å². The first-order valence-electron chi connectivity index (χ1n) is 6.48. The van der Waals surface area contributed by atoms with Gasteiger partial charge in [0, 0.05) is 4.47 Å². The van der Waals surface area contributed by atoms with Crippen molar-refractivity contribution in [3.8, 4) is 0 Å². The van der Waals surface area contributed by atoms with Gasteiger partial charge in [-0.3, -0.25) is 4.79 Å².